The van der Waals surface area contributed by atoms with Crippen LogP contribution < -0.4 is 26.0 Å². The molecule has 0 radical (unpaired) electrons. The van der Waals surface area contributed by atoms with Gasteiger partial charge in [-0.25, -0.2) is 4.39 Å². The molecule has 2 aromatic carbocycles. The van der Waals surface area contributed by atoms with Gasteiger partial charge in [-0.05, 0) is 56.4 Å². The smallest absolute Gasteiger partial charge is 0.253 e. The minimum atomic E-state index is -0.395. The SMILES string of the molecule is O=c1c(NCCC2=CCCCC2)c(N2CCN(c3ccc(F)cc3)CC2)c1=O. The molecule has 28 heavy (non-hydrogen) atoms. The van der Waals surface area contributed by atoms with Crippen LogP contribution in [0.2, 0.25) is 0 Å². The summed E-state index contributed by atoms with van der Waals surface area (Å²) < 4.78 is 13.1. The van der Waals surface area contributed by atoms with E-state index in [0.717, 1.165) is 38.0 Å². The highest BCUT2D eigenvalue weighted by Gasteiger charge is 2.28. The third kappa shape index (κ3) is 3.81. The molecule has 0 saturated carbocycles. The number of anilines is 3. The molecule has 1 heterocycles. The van der Waals surface area contributed by atoms with Crippen molar-refractivity contribution in [3.05, 3.63) is 62.2 Å². The van der Waals surface area contributed by atoms with Gasteiger partial charge in [-0.15, -0.1) is 0 Å². The Balaban J connectivity index is 1.35. The number of nitrogens with zero attached hydrogens (tertiary/aromatic N) is 2. The van der Waals surface area contributed by atoms with Gasteiger partial charge >= 0.3 is 0 Å². The fourth-order valence-corrected chi connectivity index (χ4v) is 4.17. The lowest BCUT2D eigenvalue weighted by molar-refractivity contribution is 0.624. The van der Waals surface area contributed by atoms with E-state index in [9.17, 15) is 14.0 Å². The molecule has 0 bridgehead atoms. The van der Waals surface area contributed by atoms with E-state index in [1.807, 2.05) is 4.90 Å². The van der Waals surface area contributed by atoms with Crippen LogP contribution in [0.4, 0.5) is 21.5 Å². The Morgan fingerprint density at radius 1 is 0.929 bits per heavy atom. The highest BCUT2D eigenvalue weighted by atomic mass is 19.1. The van der Waals surface area contributed by atoms with Crippen LogP contribution in [-0.2, 0) is 0 Å². The maximum absolute atomic E-state index is 13.1. The van der Waals surface area contributed by atoms with Crippen LogP contribution in [0.1, 0.15) is 32.1 Å². The van der Waals surface area contributed by atoms with Crippen molar-refractivity contribution in [1.82, 2.24) is 0 Å². The van der Waals surface area contributed by atoms with Crippen LogP contribution >= 0.6 is 0 Å². The van der Waals surface area contributed by atoms with Gasteiger partial charge in [-0.2, -0.15) is 0 Å². The van der Waals surface area contributed by atoms with E-state index >= 15 is 0 Å². The number of allylic oxidation sites excluding steroid dienone is 1. The molecule has 4 rings (SSSR count). The highest BCUT2D eigenvalue weighted by molar-refractivity contribution is 5.75. The number of rotatable bonds is 6. The zero-order valence-corrected chi connectivity index (χ0v) is 16.0. The number of nitrogens with one attached hydrogen (secondary N) is 1. The monoisotopic (exact) mass is 383 g/mol. The molecule has 1 aliphatic carbocycles. The first-order valence-electron chi connectivity index (χ1n) is 10.1. The molecular weight excluding hydrogens is 357 g/mol. The molecule has 5 nitrogen and oxygen atoms in total. The zero-order chi connectivity index (χ0) is 19.5. The molecule has 6 heteroatoms. The Morgan fingerprint density at radius 2 is 1.64 bits per heavy atom. The summed E-state index contributed by atoms with van der Waals surface area (Å²) in [5, 5.41) is 3.21. The molecule has 1 aliphatic heterocycles. The third-order valence-electron chi connectivity index (χ3n) is 5.81. The largest absolute Gasteiger partial charge is 0.380 e. The summed E-state index contributed by atoms with van der Waals surface area (Å²) in [5.41, 5.74) is 2.68. The van der Waals surface area contributed by atoms with Gasteiger partial charge in [-0.1, -0.05) is 11.6 Å². The average Bonchev–Trinajstić information content (AvgIpc) is 2.74. The fourth-order valence-electron chi connectivity index (χ4n) is 4.17. The Labute approximate surface area is 164 Å². The van der Waals surface area contributed by atoms with E-state index in [4.69, 9.17) is 0 Å². The third-order valence-corrected chi connectivity index (χ3v) is 5.81. The summed E-state index contributed by atoms with van der Waals surface area (Å²) in [5.74, 6) is -0.245. The van der Waals surface area contributed by atoms with Gasteiger partial charge in [0.2, 0.25) is 0 Å². The molecule has 148 valence electrons. The predicted octanol–water partition coefficient (Wildman–Crippen LogP) is 3.05. The van der Waals surface area contributed by atoms with Crippen molar-refractivity contribution in [2.75, 3.05) is 47.8 Å². The standard InChI is InChI=1S/C22H26FN3O2/c23-17-6-8-18(9-7-17)25-12-14-26(15-13-25)20-19(21(27)22(20)28)24-11-10-16-4-2-1-3-5-16/h4,6-9,24H,1-3,5,10-15H2. The zero-order valence-electron chi connectivity index (χ0n) is 16.0. The lowest BCUT2D eigenvalue weighted by atomic mass is 9.97. The average molecular weight is 383 g/mol. The number of hydrogen-bond acceptors (Lipinski definition) is 5. The molecule has 0 atom stereocenters. The van der Waals surface area contributed by atoms with E-state index in [0.29, 0.717) is 31.0 Å². The molecule has 0 amide bonds. The summed E-state index contributed by atoms with van der Waals surface area (Å²) >= 11 is 0. The van der Waals surface area contributed by atoms with Crippen molar-refractivity contribution in [2.45, 2.75) is 32.1 Å². The van der Waals surface area contributed by atoms with Crippen molar-refractivity contribution in [2.24, 2.45) is 0 Å². The van der Waals surface area contributed by atoms with Crippen LogP contribution in [0, 0.1) is 5.82 Å². The second-order valence-corrected chi connectivity index (χ2v) is 7.62. The van der Waals surface area contributed by atoms with E-state index in [-0.39, 0.29) is 11.2 Å². The minimum Gasteiger partial charge on any atom is -0.380 e. The van der Waals surface area contributed by atoms with E-state index in [1.54, 1.807) is 12.1 Å². The van der Waals surface area contributed by atoms with Gasteiger partial charge in [0, 0.05) is 38.4 Å². The molecule has 1 saturated heterocycles. The molecule has 0 unspecified atom stereocenters. The van der Waals surface area contributed by atoms with Crippen LogP contribution in [0.25, 0.3) is 0 Å². The second-order valence-electron chi connectivity index (χ2n) is 7.62. The minimum absolute atomic E-state index is 0.245. The van der Waals surface area contributed by atoms with Crippen molar-refractivity contribution in [1.29, 1.82) is 0 Å². The first-order chi connectivity index (χ1) is 13.6. The molecule has 1 N–H and O–H groups in total. The molecule has 1 fully saturated rings. The van der Waals surface area contributed by atoms with Crippen molar-refractivity contribution < 1.29 is 4.39 Å². The summed E-state index contributed by atoms with van der Waals surface area (Å²) in [6, 6.07) is 6.47. The number of piperazine rings is 1. The first kappa shape index (κ1) is 18.7. The predicted molar refractivity (Wildman–Crippen MR) is 112 cm³/mol. The summed E-state index contributed by atoms with van der Waals surface area (Å²) in [6.07, 6.45) is 8.04. The maximum atomic E-state index is 13.1. The molecule has 2 aliphatic rings. The van der Waals surface area contributed by atoms with Gasteiger partial charge in [0.1, 0.15) is 17.2 Å². The lowest BCUT2D eigenvalue weighted by Crippen LogP contribution is -2.51. The van der Waals surface area contributed by atoms with Gasteiger partial charge in [0.15, 0.2) is 0 Å². The van der Waals surface area contributed by atoms with Gasteiger partial charge in [0.05, 0.1) is 0 Å². The van der Waals surface area contributed by atoms with Gasteiger partial charge in [0.25, 0.3) is 10.9 Å². The molecule has 2 aromatic rings. The van der Waals surface area contributed by atoms with Crippen LogP contribution in [0.3, 0.4) is 0 Å². The van der Waals surface area contributed by atoms with E-state index in [2.05, 4.69) is 16.3 Å². The Bertz CT molecular complexity index is 920. The maximum Gasteiger partial charge on any atom is 0.253 e. The Hall–Kier alpha value is -2.63. The van der Waals surface area contributed by atoms with Gasteiger partial charge < -0.3 is 15.1 Å². The summed E-state index contributed by atoms with van der Waals surface area (Å²) in [7, 11) is 0. The van der Waals surface area contributed by atoms with Crippen LogP contribution in [0.15, 0.2) is 45.5 Å². The lowest BCUT2D eigenvalue weighted by Gasteiger charge is -2.38. The summed E-state index contributed by atoms with van der Waals surface area (Å²) in [6.45, 7) is 3.50. The fraction of sp³-hybridized carbons (Fsp3) is 0.455. The highest BCUT2D eigenvalue weighted by Crippen LogP contribution is 2.25. The van der Waals surface area contributed by atoms with E-state index < -0.39 is 5.43 Å². The number of hydrogen-bond donors (Lipinski definition) is 1. The van der Waals surface area contributed by atoms with Crippen LogP contribution in [0.5, 0.6) is 0 Å². The topological polar surface area (TPSA) is 52.7 Å². The summed E-state index contributed by atoms with van der Waals surface area (Å²) in [4.78, 5) is 28.4. The Kier molecular flexibility index (Phi) is 5.46. The normalized spacial score (nSPS) is 17.7. The van der Waals surface area contributed by atoms with Crippen molar-refractivity contribution in [3.63, 3.8) is 0 Å². The van der Waals surface area contributed by atoms with Crippen molar-refractivity contribution >= 4 is 17.1 Å². The molecular formula is C22H26FN3O2. The van der Waals surface area contributed by atoms with Crippen molar-refractivity contribution in [3.8, 4) is 0 Å². The quantitative estimate of drug-likeness (QED) is 0.614. The first-order valence-corrected chi connectivity index (χ1v) is 10.1. The van der Waals surface area contributed by atoms with E-state index in [1.165, 1.54) is 30.5 Å². The second kappa shape index (κ2) is 8.17. The molecule has 0 spiro atoms. The van der Waals surface area contributed by atoms with Gasteiger partial charge in [-0.3, -0.25) is 9.59 Å². The number of halogens is 1. The molecule has 0 aromatic heterocycles. The Morgan fingerprint density at radius 3 is 2.32 bits per heavy atom. The number of benzene rings is 1. The van der Waals surface area contributed by atoms with Crippen LogP contribution in [-0.4, -0.2) is 32.7 Å².